The summed E-state index contributed by atoms with van der Waals surface area (Å²) in [4.78, 5) is 41.0. The van der Waals surface area contributed by atoms with Crippen molar-refractivity contribution < 1.29 is 24.2 Å². The van der Waals surface area contributed by atoms with Crippen molar-refractivity contribution in [3.63, 3.8) is 0 Å². The van der Waals surface area contributed by atoms with Crippen LogP contribution in [0.2, 0.25) is 0 Å². The number of aromatic hydroxyl groups is 1. The zero-order valence-corrected chi connectivity index (χ0v) is 22.8. The van der Waals surface area contributed by atoms with Gasteiger partial charge in [0.2, 0.25) is 11.8 Å². The number of nitrogens with zero attached hydrogens (tertiary/aromatic N) is 1. The largest absolute Gasteiger partial charge is 0.508 e. The maximum Gasteiger partial charge on any atom is 0.408 e. The number of benzene rings is 2. The van der Waals surface area contributed by atoms with E-state index in [1.165, 1.54) is 17.0 Å². The highest BCUT2D eigenvalue weighted by Gasteiger charge is 2.35. The second kappa shape index (κ2) is 13.7. The quantitative estimate of drug-likeness (QED) is 0.397. The van der Waals surface area contributed by atoms with Crippen LogP contribution in [0, 0.1) is 5.92 Å². The van der Waals surface area contributed by atoms with Crippen molar-refractivity contribution in [1.29, 1.82) is 0 Å². The van der Waals surface area contributed by atoms with Crippen LogP contribution in [0.15, 0.2) is 54.6 Å². The fourth-order valence-corrected chi connectivity index (χ4v) is 3.93. The Hall–Kier alpha value is -3.55. The van der Waals surface area contributed by atoms with Crippen molar-refractivity contribution in [3.05, 3.63) is 65.7 Å². The number of carbonyl (C=O) groups excluding carboxylic acids is 3. The van der Waals surface area contributed by atoms with E-state index in [0.29, 0.717) is 17.9 Å². The number of rotatable bonds is 11. The van der Waals surface area contributed by atoms with Crippen LogP contribution in [-0.4, -0.2) is 46.1 Å². The van der Waals surface area contributed by atoms with E-state index in [-0.39, 0.29) is 30.8 Å². The van der Waals surface area contributed by atoms with Crippen LogP contribution in [0.1, 0.15) is 71.6 Å². The van der Waals surface area contributed by atoms with E-state index in [1.807, 2.05) is 37.3 Å². The minimum atomic E-state index is -1.01. The molecule has 3 amide bonds. The molecule has 37 heavy (non-hydrogen) atoms. The van der Waals surface area contributed by atoms with E-state index in [2.05, 4.69) is 24.5 Å². The molecule has 0 aromatic heterocycles. The molecule has 0 fully saturated rings. The smallest absolute Gasteiger partial charge is 0.408 e. The molecule has 0 heterocycles. The predicted molar refractivity (Wildman–Crippen MR) is 144 cm³/mol. The number of carbonyl (C=O) groups is 3. The minimum Gasteiger partial charge on any atom is -0.508 e. The van der Waals surface area contributed by atoms with Crippen LogP contribution in [0.25, 0.3) is 0 Å². The summed E-state index contributed by atoms with van der Waals surface area (Å²) in [7, 11) is 0. The van der Waals surface area contributed by atoms with Gasteiger partial charge in [-0.2, -0.15) is 0 Å². The number of phenols is 1. The molecule has 2 aromatic rings. The molecule has 0 saturated heterocycles. The van der Waals surface area contributed by atoms with Crippen LogP contribution in [0.5, 0.6) is 5.75 Å². The molecule has 0 aliphatic heterocycles. The molecule has 0 saturated carbocycles. The molecule has 0 aliphatic carbocycles. The van der Waals surface area contributed by atoms with Crippen LogP contribution >= 0.6 is 0 Å². The summed E-state index contributed by atoms with van der Waals surface area (Å²) in [6.45, 7) is 11.3. The molecule has 3 N–H and O–H groups in total. The van der Waals surface area contributed by atoms with Crippen LogP contribution < -0.4 is 10.6 Å². The van der Waals surface area contributed by atoms with Gasteiger partial charge in [-0.3, -0.25) is 9.59 Å². The first-order chi connectivity index (χ1) is 17.4. The molecule has 0 aliphatic rings. The molecule has 0 bridgehead atoms. The van der Waals surface area contributed by atoms with Gasteiger partial charge < -0.3 is 25.4 Å². The molecular formula is C29H41N3O5. The van der Waals surface area contributed by atoms with Crippen molar-refractivity contribution in [3.8, 4) is 5.75 Å². The Labute approximate surface area is 220 Å². The lowest BCUT2D eigenvalue weighted by Gasteiger charge is -2.36. The van der Waals surface area contributed by atoms with Crippen LogP contribution in [-0.2, 0) is 20.9 Å². The lowest BCUT2D eigenvalue weighted by atomic mass is 9.98. The van der Waals surface area contributed by atoms with E-state index >= 15 is 0 Å². The Morgan fingerprint density at radius 3 is 2.22 bits per heavy atom. The number of phenolic OH excluding ortho intramolecular Hbond substituents is 1. The molecule has 0 radical (unpaired) electrons. The fraction of sp³-hybridized carbons (Fsp3) is 0.483. The Balaban J connectivity index is 2.37. The maximum atomic E-state index is 13.6. The minimum absolute atomic E-state index is 0.00697. The van der Waals surface area contributed by atoms with Crippen molar-refractivity contribution in [2.24, 2.45) is 5.92 Å². The second-order valence-corrected chi connectivity index (χ2v) is 10.7. The summed E-state index contributed by atoms with van der Waals surface area (Å²) in [6, 6.07) is 14.5. The molecule has 2 aromatic carbocycles. The van der Waals surface area contributed by atoms with Crippen molar-refractivity contribution in [1.82, 2.24) is 15.5 Å². The Morgan fingerprint density at radius 1 is 0.946 bits per heavy atom. The lowest BCUT2D eigenvalue weighted by Crippen LogP contribution is -2.51. The predicted octanol–water partition coefficient (Wildman–Crippen LogP) is 4.93. The standard InChI is InChI=1S/C29H41N3O5/c1-20(2)15-16-21(3)32(25(34)19-31-28(36)37-29(4,5)6)26(23-13-10-14-24(33)17-23)27(35)30-18-22-11-8-7-9-12-22/h7-14,17,20-21,26,33H,15-16,18-19H2,1-6H3,(H,30,35)(H,31,36). The van der Waals surface area contributed by atoms with E-state index in [9.17, 15) is 19.5 Å². The zero-order chi connectivity index (χ0) is 27.6. The number of hydrogen-bond donors (Lipinski definition) is 3. The molecule has 2 unspecified atom stereocenters. The van der Waals surface area contributed by atoms with Gasteiger partial charge in [-0.1, -0.05) is 56.3 Å². The Kier molecular flexibility index (Phi) is 11.0. The molecule has 0 spiro atoms. The Bertz CT molecular complexity index is 1030. The topological polar surface area (TPSA) is 108 Å². The highest BCUT2D eigenvalue weighted by molar-refractivity contribution is 5.90. The third kappa shape index (κ3) is 10.1. The van der Waals surface area contributed by atoms with E-state index in [0.717, 1.165) is 12.0 Å². The average molecular weight is 512 g/mol. The first-order valence-corrected chi connectivity index (χ1v) is 12.8. The molecule has 8 heteroatoms. The molecular weight excluding hydrogens is 470 g/mol. The normalized spacial score (nSPS) is 12.9. The molecule has 8 nitrogen and oxygen atoms in total. The highest BCUT2D eigenvalue weighted by Crippen LogP contribution is 2.28. The fourth-order valence-electron chi connectivity index (χ4n) is 3.93. The third-order valence-corrected chi connectivity index (χ3v) is 5.73. The van der Waals surface area contributed by atoms with Gasteiger partial charge in [-0.25, -0.2) is 4.79 Å². The second-order valence-electron chi connectivity index (χ2n) is 10.7. The van der Waals surface area contributed by atoms with Gasteiger partial charge in [0.05, 0.1) is 0 Å². The maximum absolute atomic E-state index is 13.6. The zero-order valence-electron chi connectivity index (χ0n) is 22.8. The summed E-state index contributed by atoms with van der Waals surface area (Å²) in [5, 5.41) is 15.6. The summed E-state index contributed by atoms with van der Waals surface area (Å²) in [5.41, 5.74) is 0.689. The van der Waals surface area contributed by atoms with Gasteiger partial charge in [0, 0.05) is 12.6 Å². The van der Waals surface area contributed by atoms with E-state index < -0.39 is 23.6 Å². The SMILES string of the molecule is CC(C)CCC(C)N(C(=O)CNC(=O)OC(C)(C)C)C(C(=O)NCc1ccccc1)c1cccc(O)c1. The van der Waals surface area contributed by atoms with E-state index in [4.69, 9.17) is 4.74 Å². The first kappa shape index (κ1) is 29.7. The first-order valence-electron chi connectivity index (χ1n) is 12.8. The van der Waals surface area contributed by atoms with Gasteiger partial charge in [0.1, 0.15) is 23.9 Å². The molecule has 2 rings (SSSR count). The highest BCUT2D eigenvalue weighted by atomic mass is 16.6. The van der Waals surface area contributed by atoms with Crippen molar-refractivity contribution in [2.45, 2.75) is 78.6 Å². The molecule has 2 atom stereocenters. The number of ether oxygens (including phenoxy) is 1. The summed E-state index contributed by atoms with van der Waals surface area (Å²) in [5.74, 6) is -0.403. The number of nitrogens with one attached hydrogen (secondary N) is 2. The molecule has 202 valence electrons. The van der Waals surface area contributed by atoms with E-state index in [1.54, 1.807) is 32.9 Å². The number of alkyl carbamates (subject to hydrolysis) is 1. The van der Waals surface area contributed by atoms with Crippen LogP contribution in [0.3, 0.4) is 0 Å². The average Bonchev–Trinajstić information content (AvgIpc) is 2.82. The monoisotopic (exact) mass is 511 g/mol. The summed E-state index contributed by atoms with van der Waals surface area (Å²) in [6.07, 6.45) is 0.804. The summed E-state index contributed by atoms with van der Waals surface area (Å²) < 4.78 is 5.27. The van der Waals surface area contributed by atoms with Gasteiger partial charge in [0.15, 0.2) is 0 Å². The van der Waals surface area contributed by atoms with Crippen LogP contribution in [0.4, 0.5) is 4.79 Å². The van der Waals surface area contributed by atoms with Crippen molar-refractivity contribution in [2.75, 3.05) is 6.54 Å². The van der Waals surface area contributed by atoms with Gasteiger partial charge in [-0.05, 0) is 69.7 Å². The van der Waals surface area contributed by atoms with Gasteiger partial charge in [0.25, 0.3) is 0 Å². The number of hydrogen-bond acceptors (Lipinski definition) is 5. The summed E-state index contributed by atoms with van der Waals surface area (Å²) >= 11 is 0. The van der Waals surface area contributed by atoms with Gasteiger partial charge >= 0.3 is 6.09 Å². The Morgan fingerprint density at radius 2 is 1.62 bits per heavy atom. The van der Waals surface area contributed by atoms with Gasteiger partial charge in [-0.15, -0.1) is 0 Å². The van der Waals surface area contributed by atoms with Crippen molar-refractivity contribution >= 4 is 17.9 Å². The lowest BCUT2D eigenvalue weighted by molar-refractivity contribution is -0.143. The number of amides is 3. The third-order valence-electron chi connectivity index (χ3n) is 5.73.